The lowest BCUT2D eigenvalue weighted by Crippen LogP contribution is -2.45. The maximum Gasteiger partial charge on any atom is 0.236 e. The van der Waals surface area contributed by atoms with Gasteiger partial charge in [0.15, 0.2) is 0 Å². The van der Waals surface area contributed by atoms with E-state index >= 15 is 0 Å². The summed E-state index contributed by atoms with van der Waals surface area (Å²) in [6, 6.07) is 8.35. The quantitative estimate of drug-likeness (QED) is 0.911. The van der Waals surface area contributed by atoms with E-state index in [0.29, 0.717) is 18.4 Å². The van der Waals surface area contributed by atoms with Gasteiger partial charge >= 0.3 is 0 Å². The Kier molecular flexibility index (Phi) is 5.35. The number of fused-ring (bicyclic) bond motifs is 1. The van der Waals surface area contributed by atoms with E-state index in [0.717, 1.165) is 32.4 Å². The summed E-state index contributed by atoms with van der Waals surface area (Å²) < 4.78 is 0. The van der Waals surface area contributed by atoms with E-state index in [2.05, 4.69) is 18.2 Å². The summed E-state index contributed by atoms with van der Waals surface area (Å²) in [6.07, 6.45) is 3.14. The van der Waals surface area contributed by atoms with Gasteiger partial charge in [0.25, 0.3) is 0 Å². The summed E-state index contributed by atoms with van der Waals surface area (Å²) in [5.41, 5.74) is 7.06. The number of benzene rings is 1. The van der Waals surface area contributed by atoms with E-state index in [1.807, 2.05) is 11.0 Å². The van der Waals surface area contributed by atoms with Crippen LogP contribution in [0.5, 0.6) is 0 Å². The lowest BCUT2D eigenvalue weighted by molar-refractivity contribution is -0.132. The zero-order valence-corrected chi connectivity index (χ0v) is 13.1. The Morgan fingerprint density at radius 1 is 1.40 bits per heavy atom. The maximum absolute atomic E-state index is 12.6. The lowest BCUT2D eigenvalue weighted by atomic mass is 9.97. The number of nitrogens with zero attached hydrogens (tertiary/aromatic N) is 1. The SMILES string of the molecule is Cl.NCC1CCCN(C(=O)C2Cc3ccccc3S2)C1. The summed E-state index contributed by atoms with van der Waals surface area (Å²) >= 11 is 1.72. The number of hydrogen-bond acceptors (Lipinski definition) is 3. The van der Waals surface area contributed by atoms with Crippen molar-refractivity contribution in [2.24, 2.45) is 11.7 Å². The van der Waals surface area contributed by atoms with Gasteiger partial charge in [-0.1, -0.05) is 18.2 Å². The van der Waals surface area contributed by atoms with E-state index in [4.69, 9.17) is 5.73 Å². The number of nitrogens with two attached hydrogens (primary N) is 1. The molecule has 20 heavy (non-hydrogen) atoms. The zero-order chi connectivity index (χ0) is 13.2. The van der Waals surface area contributed by atoms with E-state index in [9.17, 15) is 4.79 Å². The van der Waals surface area contributed by atoms with Crippen LogP contribution < -0.4 is 5.73 Å². The van der Waals surface area contributed by atoms with Gasteiger partial charge < -0.3 is 10.6 Å². The Labute approximate surface area is 130 Å². The van der Waals surface area contributed by atoms with Crippen LogP contribution >= 0.6 is 24.2 Å². The van der Waals surface area contributed by atoms with Crippen molar-refractivity contribution in [1.82, 2.24) is 4.90 Å². The van der Waals surface area contributed by atoms with Crippen LogP contribution in [0.25, 0.3) is 0 Å². The largest absolute Gasteiger partial charge is 0.341 e. The highest BCUT2D eigenvalue weighted by atomic mass is 35.5. The number of hydrogen-bond donors (Lipinski definition) is 1. The Morgan fingerprint density at radius 3 is 2.95 bits per heavy atom. The molecule has 3 rings (SSSR count). The van der Waals surface area contributed by atoms with Gasteiger partial charge in [-0.05, 0) is 43.4 Å². The molecule has 2 heterocycles. The molecule has 1 aromatic rings. The van der Waals surface area contributed by atoms with E-state index in [1.165, 1.54) is 10.5 Å². The molecular formula is C15H21ClN2OS. The molecule has 0 aromatic heterocycles. The average Bonchev–Trinajstić information content (AvgIpc) is 2.90. The third kappa shape index (κ3) is 3.13. The minimum atomic E-state index is 0. The van der Waals surface area contributed by atoms with Gasteiger partial charge in [-0.15, -0.1) is 24.2 Å². The Balaban J connectivity index is 0.00000147. The fourth-order valence-corrected chi connectivity index (χ4v) is 4.26. The van der Waals surface area contributed by atoms with Crippen molar-refractivity contribution in [2.75, 3.05) is 19.6 Å². The summed E-state index contributed by atoms with van der Waals surface area (Å²) in [5, 5.41) is 0.0777. The number of thioether (sulfide) groups is 1. The molecule has 110 valence electrons. The second kappa shape index (κ2) is 6.83. The molecule has 2 aliphatic rings. The van der Waals surface area contributed by atoms with Crippen molar-refractivity contribution in [3.8, 4) is 0 Å². The van der Waals surface area contributed by atoms with Crippen LogP contribution in [0.2, 0.25) is 0 Å². The van der Waals surface area contributed by atoms with Crippen molar-refractivity contribution in [3.05, 3.63) is 29.8 Å². The van der Waals surface area contributed by atoms with E-state index in [-0.39, 0.29) is 17.7 Å². The van der Waals surface area contributed by atoms with Crippen LogP contribution in [0.1, 0.15) is 18.4 Å². The smallest absolute Gasteiger partial charge is 0.236 e. The normalized spacial score (nSPS) is 24.9. The predicted octanol–water partition coefficient (Wildman–Crippen LogP) is 2.32. The number of amides is 1. The number of rotatable bonds is 2. The van der Waals surface area contributed by atoms with Crippen LogP contribution in [0, 0.1) is 5.92 Å². The Hall–Kier alpha value is -0.710. The van der Waals surface area contributed by atoms with Crippen molar-refractivity contribution >= 4 is 30.1 Å². The molecule has 2 aliphatic heterocycles. The highest BCUT2D eigenvalue weighted by Gasteiger charge is 2.33. The first-order valence-electron chi connectivity index (χ1n) is 7.01. The van der Waals surface area contributed by atoms with Gasteiger partial charge in [0.05, 0.1) is 5.25 Å². The summed E-state index contributed by atoms with van der Waals surface area (Å²) in [6.45, 7) is 2.45. The number of halogens is 1. The fraction of sp³-hybridized carbons (Fsp3) is 0.533. The molecule has 1 saturated heterocycles. The minimum Gasteiger partial charge on any atom is -0.341 e. The molecule has 0 spiro atoms. The number of piperidine rings is 1. The predicted molar refractivity (Wildman–Crippen MR) is 85.4 cm³/mol. The van der Waals surface area contributed by atoms with Gasteiger partial charge in [-0.25, -0.2) is 0 Å². The topological polar surface area (TPSA) is 46.3 Å². The monoisotopic (exact) mass is 312 g/mol. The molecule has 1 fully saturated rings. The fourth-order valence-electron chi connectivity index (χ4n) is 2.98. The second-order valence-corrected chi connectivity index (χ2v) is 6.69. The van der Waals surface area contributed by atoms with Gasteiger partial charge in [-0.2, -0.15) is 0 Å². The van der Waals surface area contributed by atoms with Crippen molar-refractivity contribution < 1.29 is 4.79 Å². The molecule has 1 amide bonds. The summed E-state index contributed by atoms with van der Waals surface area (Å²) in [7, 11) is 0. The van der Waals surface area contributed by atoms with E-state index < -0.39 is 0 Å². The molecule has 5 heteroatoms. The molecule has 0 bridgehead atoms. The van der Waals surface area contributed by atoms with Crippen LogP contribution in [0.4, 0.5) is 0 Å². The third-order valence-electron chi connectivity index (χ3n) is 4.09. The first kappa shape index (κ1) is 15.7. The van der Waals surface area contributed by atoms with E-state index in [1.54, 1.807) is 11.8 Å². The molecule has 0 radical (unpaired) electrons. The van der Waals surface area contributed by atoms with Crippen LogP contribution in [0.3, 0.4) is 0 Å². The molecule has 0 saturated carbocycles. The number of likely N-dealkylation sites (tertiary alicyclic amines) is 1. The Bertz CT molecular complexity index is 458. The summed E-state index contributed by atoms with van der Waals surface area (Å²) in [4.78, 5) is 15.9. The highest BCUT2D eigenvalue weighted by molar-refractivity contribution is 8.01. The maximum atomic E-state index is 12.6. The molecule has 3 nitrogen and oxygen atoms in total. The lowest BCUT2D eigenvalue weighted by Gasteiger charge is -2.33. The number of carbonyl (C=O) groups excluding carboxylic acids is 1. The molecule has 2 N–H and O–H groups in total. The van der Waals surface area contributed by atoms with Gasteiger partial charge in [0.2, 0.25) is 5.91 Å². The average molecular weight is 313 g/mol. The number of carbonyl (C=O) groups is 1. The second-order valence-electron chi connectivity index (χ2n) is 5.45. The molecule has 0 aliphatic carbocycles. The summed E-state index contributed by atoms with van der Waals surface area (Å²) in [5.74, 6) is 0.797. The van der Waals surface area contributed by atoms with Crippen LogP contribution in [-0.2, 0) is 11.2 Å². The Morgan fingerprint density at radius 2 is 2.20 bits per heavy atom. The van der Waals surface area contributed by atoms with Gasteiger partial charge in [0, 0.05) is 18.0 Å². The third-order valence-corrected chi connectivity index (χ3v) is 5.39. The van der Waals surface area contributed by atoms with Crippen molar-refractivity contribution in [3.63, 3.8) is 0 Å². The highest BCUT2D eigenvalue weighted by Crippen LogP contribution is 2.38. The molecule has 2 atom stereocenters. The standard InChI is InChI=1S/C15H20N2OS.ClH/c16-9-11-4-3-7-17(10-11)15(18)14-8-12-5-1-2-6-13(12)19-14;/h1-2,5-6,11,14H,3-4,7-10,16H2;1H. The minimum absolute atomic E-state index is 0. The molecule has 2 unspecified atom stereocenters. The first-order chi connectivity index (χ1) is 9.28. The van der Waals surface area contributed by atoms with Crippen LogP contribution in [0.15, 0.2) is 29.2 Å². The first-order valence-corrected chi connectivity index (χ1v) is 7.89. The van der Waals surface area contributed by atoms with Gasteiger partial charge in [-0.3, -0.25) is 4.79 Å². The van der Waals surface area contributed by atoms with Crippen molar-refractivity contribution in [1.29, 1.82) is 0 Å². The zero-order valence-electron chi connectivity index (χ0n) is 11.5. The molecular weight excluding hydrogens is 292 g/mol. The van der Waals surface area contributed by atoms with Crippen LogP contribution in [-0.4, -0.2) is 35.7 Å². The molecule has 1 aromatic carbocycles. The van der Waals surface area contributed by atoms with Crippen molar-refractivity contribution in [2.45, 2.75) is 29.4 Å². The van der Waals surface area contributed by atoms with Gasteiger partial charge in [0.1, 0.15) is 0 Å².